The summed E-state index contributed by atoms with van der Waals surface area (Å²) >= 11 is 0. The highest BCUT2D eigenvalue weighted by Gasteiger charge is 2.14. The van der Waals surface area contributed by atoms with Gasteiger partial charge in [0.15, 0.2) is 0 Å². The molecule has 0 spiro atoms. The molecule has 3 heteroatoms. The predicted molar refractivity (Wildman–Crippen MR) is 75.2 cm³/mol. The number of benzene rings is 1. The molecule has 0 aliphatic heterocycles. The van der Waals surface area contributed by atoms with Crippen LogP contribution >= 0.6 is 0 Å². The summed E-state index contributed by atoms with van der Waals surface area (Å²) < 4.78 is 5.73. The zero-order chi connectivity index (χ0) is 13.5. The van der Waals surface area contributed by atoms with Crippen LogP contribution in [0.2, 0.25) is 0 Å². The lowest BCUT2D eigenvalue weighted by molar-refractivity contribution is -0.131. The third-order valence-corrected chi connectivity index (χ3v) is 3.55. The zero-order valence-electron chi connectivity index (χ0n) is 11.0. The van der Waals surface area contributed by atoms with Crippen molar-refractivity contribution >= 4 is 12.0 Å². The summed E-state index contributed by atoms with van der Waals surface area (Å²) in [5, 5.41) is 8.59. The first kappa shape index (κ1) is 13.7. The summed E-state index contributed by atoms with van der Waals surface area (Å²) in [6.07, 6.45) is 9.23. The number of hydrogen-bond donors (Lipinski definition) is 1. The number of carboxylic acids is 1. The number of hydrogen-bond acceptors (Lipinski definition) is 2. The highest BCUT2D eigenvalue weighted by Crippen LogP contribution is 2.27. The van der Waals surface area contributed by atoms with Crippen LogP contribution in [-0.4, -0.2) is 17.7 Å². The van der Waals surface area contributed by atoms with Crippen molar-refractivity contribution in [3.05, 3.63) is 35.9 Å². The Balaban J connectivity index is 1.82. The van der Waals surface area contributed by atoms with E-state index in [9.17, 15) is 4.79 Å². The molecule has 0 atom stereocenters. The van der Waals surface area contributed by atoms with Gasteiger partial charge in [0.25, 0.3) is 0 Å². The molecule has 0 amide bonds. The Morgan fingerprint density at radius 3 is 2.89 bits per heavy atom. The van der Waals surface area contributed by atoms with Crippen LogP contribution in [0.3, 0.4) is 0 Å². The first-order valence-electron chi connectivity index (χ1n) is 6.88. The molecule has 19 heavy (non-hydrogen) atoms. The fourth-order valence-electron chi connectivity index (χ4n) is 2.52. The average Bonchev–Trinajstić information content (AvgIpc) is 2.90. The van der Waals surface area contributed by atoms with Crippen LogP contribution in [0.25, 0.3) is 6.08 Å². The SMILES string of the molecule is O=C(O)/C=C/c1cccc(OCCC2CCCC2)c1. The number of aliphatic carboxylic acids is 1. The fourth-order valence-corrected chi connectivity index (χ4v) is 2.52. The predicted octanol–water partition coefficient (Wildman–Crippen LogP) is 3.74. The number of carbonyl (C=O) groups is 1. The standard InChI is InChI=1S/C16H20O3/c17-16(18)9-8-14-6-3-7-15(12-14)19-11-10-13-4-1-2-5-13/h3,6-9,12-13H,1-2,4-5,10-11H2,(H,17,18)/b9-8+. The molecule has 102 valence electrons. The van der Waals surface area contributed by atoms with E-state index in [1.165, 1.54) is 25.7 Å². The van der Waals surface area contributed by atoms with E-state index in [0.29, 0.717) is 0 Å². The van der Waals surface area contributed by atoms with Gasteiger partial charge < -0.3 is 9.84 Å². The van der Waals surface area contributed by atoms with Crippen molar-refractivity contribution in [1.82, 2.24) is 0 Å². The topological polar surface area (TPSA) is 46.5 Å². The minimum Gasteiger partial charge on any atom is -0.494 e. The van der Waals surface area contributed by atoms with E-state index in [-0.39, 0.29) is 0 Å². The van der Waals surface area contributed by atoms with Gasteiger partial charge in [-0.25, -0.2) is 4.79 Å². The van der Waals surface area contributed by atoms with Crippen molar-refractivity contribution in [1.29, 1.82) is 0 Å². The molecule has 1 aliphatic carbocycles. The summed E-state index contributed by atoms with van der Waals surface area (Å²) in [7, 11) is 0. The summed E-state index contributed by atoms with van der Waals surface area (Å²) in [6, 6.07) is 7.52. The van der Waals surface area contributed by atoms with Crippen molar-refractivity contribution in [2.24, 2.45) is 5.92 Å². The van der Waals surface area contributed by atoms with Crippen LogP contribution in [0.4, 0.5) is 0 Å². The molecular weight excluding hydrogens is 240 g/mol. The number of ether oxygens (including phenoxy) is 1. The Labute approximate surface area is 113 Å². The highest BCUT2D eigenvalue weighted by molar-refractivity contribution is 5.85. The smallest absolute Gasteiger partial charge is 0.328 e. The lowest BCUT2D eigenvalue weighted by atomic mass is 10.1. The van der Waals surface area contributed by atoms with E-state index in [1.807, 2.05) is 24.3 Å². The molecule has 0 heterocycles. The van der Waals surface area contributed by atoms with Crippen molar-refractivity contribution in [2.75, 3.05) is 6.61 Å². The van der Waals surface area contributed by atoms with Crippen molar-refractivity contribution in [3.8, 4) is 5.75 Å². The van der Waals surface area contributed by atoms with Crippen molar-refractivity contribution < 1.29 is 14.6 Å². The Hall–Kier alpha value is -1.77. The quantitative estimate of drug-likeness (QED) is 0.792. The summed E-state index contributed by atoms with van der Waals surface area (Å²) in [5.41, 5.74) is 0.848. The van der Waals surface area contributed by atoms with Crippen LogP contribution in [-0.2, 0) is 4.79 Å². The first-order valence-corrected chi connectivity index (χ1v) is 6.88. The van der Waals surface area contributed by atoms with Gasteiger partial charge in [-0.15, -0.1) is 0 Å². The Bertz CT molecular complexity index is 445. The monoisotopic (exact) mass is 260 g/mol. The highest BCUT2D eigenvalue weighted by atomic mass is 16.5. The van der Waals surface area contributed by atoms with E-state index in [1.54, 1.807) is 6.08 Å². The maximum absolute atomic E-state index is 10.5. The molecule has 1 aromatic rings. The van der Waals surface area contributed by atoms with Gasteiger partial charge in [0.2, 0.25) is 0 Å². The molecule has 2 rings (SSSR count). The van der Waals surface area contributed by atoms with Crippen LogP contribution in [0.1, 0.15) is 37.7 Å². The van der Waals surface area contributed by atoms with Crippen LogP contribution in [0.15, 0.2) is 30.3 Å². The second kappa shape index (κ2) is 6.98. The van der Waals surface area contributed by atoms with Crippen molar-refractivity contribution in [3.63, 3.8) is 0 Å². The Morgan fingerprint density at radius 1 is 1.37 bits per heavy atom. The number of rotatable bonds is 6. The molecule has 0 saturated heterocycles. The summed E-state index contributed by atoms with van der Waals surface area (Å²) in [4.78, 5) is 10.5. The zero-order valence-corrected chi connectivity index (χ0v) is 11.0. The summed E-state index contributed by atoms with van der Waals surface area (Å²) in [5.74, 6) is 0.702. The van der Waals surface area contributed by atoms with Crippen LogP contribution in [0.5, 0.6) is 5.75 Å². The molecule has 0 radical (unpaired) electrons. The van der Waals surface area contributed by atoms with E-state index in [4.69, 9.17) is 9.84 Å². The van der Waals surface area contributed by atoms with Gasteiger partial charge in [-0.05, 0) is 36.1 Å². The van der Waals surface area contributed by atoms with Gasteiger partial charge in [0.05, 0.1) is 6.61 Å². The molecule has 1 aliphatic rings. The molecule has 1 aromatic carbocycles. The molecule has 1 N–H and O–H groups in total. The van der Waals surface area contributed by atoms with E-state index in [0.717, 1.165) is 36.3 Å². The fraction of sp³-hybridized carbons (Fsp3) is 0.438. The third-order valence-electron chi connectivity index (χ3n) is 3.55. The largest absolute Gasteiger partial charge is 0.494 e. The maximum atomic E-state index is 10.5. The Morgan fingerprint density at radius 2 is 2.16 bits per heavy atom. The van der Waals surface area contributed by atoms with Crippen LogP contribution < -0.4 is 4.74 Å². The molecular formula is C16H20O3. The maximum Gasteiger partial charge on any atom is 0.328 e. The lowest BCUT2D eigenvalue weighted by Crippen LogP contribution is -2.03. The van der Waals surface area contributed by atoms with Gasteiger partial charge in [-0.1, -0.05) is 37.8 Å². The number of carboxylic acid groups (broad SMARTS) is 1. The average molecular weight is 260 g/mol. The molecule has 0 bridgehead atoms. The minimum atomic E-state index is -0.937. The molecule has 0 unspecified atom stereocenters. The van der Waals surface area contributed by atoms with Gasteiger partial charge in [-0.3, -0.25) is 0 Å². The molecule has 0 aromatic heterocycles. The van der Waals surface area contributed by atoms with Gasteiger partial charge >= 0.3 is 5.97 Å². The van der Waals surface area contributed by atoms with Crippen molar-refractivity contribution in [2.45, 2.75) is 32.1 Å². The van der Waals surface area contributed by atoms with Gasteiger partial charge in [0, 0.05) is 6.08 Å². The molecule has 1 saturated carbocycles. The second-order valence-electron chi connectivity index (χ2n) is 5.03. The van der Waals surface area contributed by atoms with E-state index >= 15 is 0 Å². The normalized spacial score (nSPS) is 16.0. The lowest BCUT2D eigenvalue weighted by Gasteiger charge is -2.10. The van der Waals surface area contributed by atoms with E-state index < -0.39 is 5.97 Å². The van der Waals surface area contributed by atoms with Gasteiger partial charge in [0.1, 0.15) is 5.75 Å². The molecule has 1 fully saturated rings. The third kappa shape index (κ3) is 4.78. The minimum absolute atomic E-state index is 0.747. The van der Waals surface area contributed by atoms with E-state index in [2.05, 4.69) is 0 Å². The second-order valence-corrected chi connectivity index (χ2v) is 5.03. The summed E-state index contributed by atoms with van der Waals surface area (Å²) in [6.45, 7) is 0.747. The first-order chi connectivity index (χ1) is 9.24. The van der Waals surface area contributed by atoms with Gasteiger partial charge in [-0.2, -0.15) is 0 Å². The Kier molecular flexibility index (Phi) is 5.01. The molecule has 3 nitrogen and oxygen atoms in total. The van der Waals surface area contributed by atoms with Crippen LogP contribution in [0, 0.1) is 5.92 Å².